The minimum atomic E-state index is -0.108. The summed E-state index contributed by atoms with van der Waals surface area (Å²) >= 11 is 0. The van der Waals surface area contributed by atoms with E-state index in [4.69, 9.17) is 0 Å². The molecule has 0 bridgehead atoms. The van der Waals surface area contributed by atoms with E-state index in [2.05, 4.69) is 5.32 Å². The Labute approximate surface area is 84.3 Å². The lowest BCUT2D eigenvalue weighted by Gasteiger charge is -2.14. The van der Waals surface area contributed by atoms with E-state index in [1.807, 2.05) is 19.1 Å². The zero-order valence-corrected chi connectivity index (χ0v) is 8.46. The van der Waals surface area contributed by atoms with Crippen LogP contribution in [0.25, 0.3) is 0 Å². The molecule has 14 heavy (non-hydrogen) atoms. The molecule has 0 heterocycles. The number of rotatable bonds is 4. The predicted molar refractivity (Wildman–Crippen MR) is 55.5 cm³/mol. The number of halogens is 1. The molecule has 0 spiro atoms. The highest BCUT2D eigenvalue weighted by molar-refractivity contribution is 5.20. The van der Waals surface area contributed by atoms with Crippen molar-refractivity contribution in [3.05, 3.63) is 35.6 Å². The first-order chi connectivity index (χ1) is 6.77. The van der Waals surface area contributed by atoms with Gasteiger partial charge in [-0.2, -0.15) is 0 Å². The van der Waals surface area contributed by atoms with E-state index in [1.54, 1.807) is 6.07 Å². The molecule has 0 amide bonds. The van der Waals surface area contributed by atoms with Crippen molar-refractivity contribution >= 4 is 0 Å². The lowest BCUT2D eigenvalue weighted by Crippen LogP contribution is -2.21. The summed E-state index contributed by atoms with van der Waals surface area (Å²) in [7, 11) is 0. The number of nitrogens with one attached hydrogen (secondary N) is 1. The smallest absolute Gasteiger partial charge is 0.127 e. The normalized spacial score (nSPS) is 18.1. The van der Waals surface area contributed by atoms with Gasteiger partial charge in [0.05, 0.1) is 0 Å². The molecular formula is C12H16FN. The van der Waals surface area contributed by atoms with Crippen LogP contribution in [-0.2, 0) is 0 Å². The van der Waals surface area contributed by atoms with Gasteiger partial charge in [0.2, 0.25) is 0 Å². The van der Waals surface area contributed by atoms with Crippen LogP contribution in [-0.4, -0.2) is 6.54 Å². The Hall–Kier alpha value is -0.890. The maximum absolute atomic E-state index is 13.3. The summed E-state index contributed by atoms with van der Waals surface area (Å²) in [6.07, 6.45) is 2.66. The Balaban J connectivity index is 1.95. The molecule has 76 valence electrons. The van der Waals surface area contributed by atoms with Crippen LogP contribution in [0.15, 0.2) is 24.3 Å². The molecular weight excluding hydrogens is 177 g/mol. The van der Waals surface area contributed by atoms with Gasteiger partial charge < -0.3 is 5.32 Å². The molecule has 1 fully saturated rings. The van der Waals surface area contributed by atoms with Crippen molar-refractivity contribution in [1.82, 2.24) is 5.32 Å². The van der Waals surface area contributed by atoms with E-state index in [9.17, 15) is 4.39 Å². The van der Waals surface area contributed by atoms with Gasteiger partial charge in [0.1, 0.15) is 5.82 Å². The minimum Gasteiger partial charge on any atom is -0.310 e. The first-order valence-electron chi connectivity index (χ1n) is 5.25. The fourth-order valence-corrected chi connectivity index (χ4v) is 1.60. The largest absolute Gasteiger partial charge is 0.310 e. The summed E-state index contributed by atoms with van der Waals surface area (Å²) in [4.78, 5) is 0. The van der Waals surface area contributed by atoms with Crippen molar-refractivity contribution in [3.8, 4) is 0 Å². The molecule has 1 aliphatic rings. The molecule has 1 aromatic carbocycles. The van der Waals surface area contributed by atoms with Crippen LogP contribution in [0.4, 0.5) is 4.39 Å². The molecule has 2 rings (SSSR count). The Morgan fingerprint density at radius 2 is 2.14 bits per heavy atom. The summed E-state index contributed by atoms with van der Waals surface area (Å²) in [5.74, 6) is 0.729. The molecule has 0 aromatic heterocycles. The highest BCUT2D eigenvalue weighted by atomic mass is 19.1. The van der Waals surface area contributed by atoms with Crippen LogP contribution in [0.1, 0.15) is 31.4 Å². The number of hydrogen-bond acceptors (Lipinski definition) is 1. The maximum atomic E-state index is 13.3. The molecule has 1 nitrogen and oxygen atoms in total. The van der Waals surface area contributed by atoms with Gasteiger partial charge in [-0.25, -0.2) is 4.39 Å². The van der Waals surface area contributed by atoms with E-state index in [1.165, 1.54) is 18.9 Å². The van der Waals surface area contributed by atoms with E-state index in [0.29, 0.717) is 0 Å². The molecule has 2 heteroatoms. The van der Waals surface area contributed by atoms with Crippen molar-refractivity contribution in [2.75, 3.05) is 6.54 Å². The van der Waals surface area contributed by atoms with Gasteiger partial charge in [-0.05, 0) is 38.3 Å². The molecule has 1 unspecified atom stereocenters. The Bertz CT molecular complexity index is 307. The zero-order valence-electron chi connectivity index (χ0n) is 8.46. The van der Waals surface area contributed by atoms with Gasteiger partial charge in [-0.3, -0.25) is 0 Å². The third-order valence-electron chi connectivity index (χ3n) is 2.78. The van der Waals surface area contributed by atoms with Gasteiger partial charge in [0.25, 0.3) is 0 Å². The minimum absolute atomic E-state index is 0.108. The van der Waals surface area contributed by atoms with Crippen molar-refractivity contribution in [2.45, 2.75) is 25.8 Å². The average molecular weight is 193 g/mol. The second kappa shape index (κ2) is 4.09. The maximum Gasteiger partial charge on any atom is 0.127 e. The molecule has 0 radical (unpaired) electrons. The summed E-state index contributed by atoms with van der Waals surface area (Å²) in [5.41, 5.74) is 0.771. The Morgan fingerprint density at radius 1 is 1.43 bits per heavy atom. The SMILES string of the molecule is CC(NCC1CC1)c1ccccc1F. The first-order valence-corrected chi connectivity index (χ1v) is 5.25. The quantitative estimate of drug-likeness (QED) is 0.775. The molecule has 0 aliphatic heterocycles. The van der Waals surface area contributed by atoms with E-state index in [0.717, 1.165) is 18.0 Å². The second-order valence-electron chi connectivity index (χ2n) is 4.09. The molecule has 1 N–H and O–H groups in total. The number of hydrogen-bond donors (Lipinski definition) is 1. The average Bonchev–Trinajstić information content (AvgIpc) is 2.98. The van der Waals surface area contributed by atoms with Gasteiger partial charge >= 0.3 is 0 Å². The number of benzene rings is 1. The molecule has 1 saturated carbocycles. The summed E-state index contributed by atoms with van der Waals surface area (Å²) in [6, 6.07) is 7.10. The summed E-state index contributed by atoms with van der Waals surface area (Å²) < 4.78 is 13.3. The highest BCUT2D eigenvalue weighted by Gasteiger charge is 2.21. The van der Waals surface area contributed by atoms with Gasteiger partial charge in [-0.15, -0.1) is 0 Å². The van der Waals surface area contributed by atoms with Crippen molar-refractivity contribution in [1.29, 1.82) is 0 Å². The van der Waals surface area contributed by atoms with Crippen LogP contribution in [0, 0.1) is 11.7 Å². The Morgan fingerprint density at radius 3 is 2.79 bits per heavy atom. The molecule has 1 aliphatic carbocycles. The van der Waals surface area contributed by atoms with Crippen LogP contribution in [0.3, 0.4) is 0 Å². The highest BCUT2D eigenvalue weighted by Crippen LogP contribution is 2.28. The van der Waals surface area contributed by atoms with Gasteiger partial charge in [-0.1, -0.05) is 18.2 Å². The predicted octanol–water partition coefficient (Wildman–Crippen LogP) is 2.89. The zero-order chi connectivity index (χ0) is 9.97. The summed E-state index contributed by atoms with van der Waals surface area (Å²) in [5, 5.41) is 3.36. The van der Waals surface area contributed by atoms with Crippen LogP contribution < -0.4 is 5.32 Å². The van der Waals surface area contributed by atoms with Crippen LogP contribution in [0.2, 0.25) is 0 Å². The molecule has 1 atom stereocenters. The lowest BCUT2D eigenvalue weighted by atomic mass is 10.1. The van der Waals surface area contributed by atoms with E-state index in [-0.39, 0.29) is 11.9 Å². The van der Waals surface area contributed by atoms with Crippen molar-refractivity contribution in [3.63, 3.8) is 0 Å². The van der Waals surface area contributed by atoms with Gasteiger partial charge in [0.15, 0.2) is 0 Å². The van der Waals surface area contributed by atoms with E-state index < -0.39 is 0 Å². The van der Waals surface area contributed by atoms with Crippen LogP contribution >= 0.6 is 0 Å². The van der Waals surface area contributed by atoms with Crippen molar-refractivity contribution in [2.24, 2.45) is 5.92 Å². The van der Waals surface area contributed by atoms with Crippen molar-refractivity contribution < 1.29 is 4.39 Å². The van der Waals surface area contributed by atoms with E-state index >= 15 is 0 Å². The Kier molecular flexibility index (Phi) is 2.82. The monoisotopic (exact) mass is 193 g/mol. The first kappa shape index (κ1) is 9.66. The topological polar surface area (TPSA) is 12.0 Å². The van der Waals surface area contributed by atoms with Gasteiger partial charge in [0, 0.05) is 11.6 Å². The fourth-order valence-electron chi connectivity index (χ4n) is 1.60. The van der Waals surface area contributed by atoms with Crippen LogP contribution in [0.5, 0.6) is 0 Å². The molecule has 0 saturated heterocycles. The standard InChI is InChI=1S/C12H16FN/c1-9(14-8-10-6-7-10)11-4-2-3-5-12(11)13/h2-5,9-10,14H,6-8H2,1H3. The summed E-state index contributed by atoms with van der Waals surface area (Å²) in [6.45, 7) is 3.04. The molecule has 1 aromatic rings. The fraction of sp³-hybridized carbons (Fsp3) is 0.500. The third kappa shape index (κ3) is 2.32. The lowest BCUT2D eigenvalue weighted by molar-refractivity contribution is 0.515. The third-order valence-corrected chi connectivity index (χ3v) is 2.78. The second-order valence-corrected chi connectivity index (χ2v) is 4.09.